The second kappa shape index (κ2) is 7.38. The lowest BCUT2D eigenvalue weighted by molar-refractivity contribution is 0.400. The first-order valence-electron chi connectivity index (χ1n) is 7.39. The molecule has 0 spiro atoms. The molecular weight excluding hydrogens is 268 g/mol. The highest BCUT2D eigenvalue weighted by Gasteiger charge is 2.24. The number of aromatic nitrogens is 1. The molecule has 4 nitrogen and oxygen atoms in total. The summed E-state index contributed by atoms with van der Waals surface area (Å²) < 4.78 is 0. The third-order valence-electron chi connectivity index (χ3n) is 3.27. The van der Waals surface area contributed by atoms with Crippen LogP contribution in [0.4, 0.5) is 5.13 Å². The molecule has 0 aromatic carbocycles. The molecule has 1 aromatic rings. The number of thiazole rings is 1. The highest BCUT2D eigenvalue weighted by molar-refractivity contribution is 7.15. The van der Waals surface area contributed by atoms with Gasteiger partial charge in [-0.15, -0.1) is 11.3 Å². The SMILES string of the molecule is CCN(CCCN(C)C)c1nc(C(C)(C)C)c(CN)s1. The molecule has 20 heavy (non-hydrogen) atoms. The third kappa shape index (κ3) is 4.72. The summed E-state index contributed by atoms with van der Waals surface area (Å²) in [4.78, 5) is 10.7. The Balaban J connectivity index is 2.85. The van der Waals surface area contributed by atoms with E-state index in [2.05, 4.69) is 51.6 Å². The number of hydrogen-bond acceptors (Lipinski definition) is 5. The van der Waals surface area contributed by atoms with Gasteiger partial charge in [0.1, 0.15) is 0 Å². The van der Waals surface area contributed by atoms with Crippen molar-refractivity contribution in [2.24, 2.45) is 5.73 Å². The van der Waals surface area contributed by atoms with Gasteiger partial charge in [0.15, 0.2) is 5.13 Å². The summed E-state index contributed by atoms with van der Waals surface area (Å²) in [5.41, 5.74) is 7.11. The van der Waals surface area contributed by atoms with Crippen LogP contribution < -0.4 is 10.6 Å². The molecule has 0 bridgehead atoms. The smallest absolute Gasteiger partial charge is 0.185 e. The largest absolute Gasteiger partial charge is 0.348 e. The maximum absolute atomic E-state index is 5.89. The molecule has 2 N–H and O–H groups in total. The van der Waals surface area contributed by atoms with Crippen LogP contribution in [0.2, 0.25) is 0 Å². The van der Waals surface area contributed by atoms with Gasteiger partial charge in [-0.3, -0.25) is 0 Å². The van der Waals surface area contributed by atoms with E-state index in [9.17, 15) is 0 Å². The Morgan fingerprint density at radius 2 is 1.85 bits per heavy atom. The first kappa shape index (κ1) is 17.4. The number of hydrogen-bond donors (Lipinski definition) is 1. The van der Waals surface area contributed by atoms with E-state index in [0.717, 1.165) is 36.9 Å². The summed E-state index contributed by atoms with van der Waals surface area (Å²) >= 11 is 1.75. The number of anilines is 1. The number of nitrogens with two attached hydrogens (primary N) is 1. The van der Waals surface area contributed by atoms with Gasteiger partial charge in [-0.2, -0.15) is 0 Å². The van der Waals surface area contributed by atoms with Crippen molar-refractivity contribution in [2.45, 2.75) is 46.1 Å². The topological polar surface area (TPSA) is 45.4 Å². The molecule has 0 amide bonds. The Morgan fingerprint density at radius 3 is 2.25 bits per heavy atom. The Morgan fingerprint density at radius 1 is 1.20 bits per heavy atom. The summed E-state index contributed by atoms with van der Waals surface area (Å²) in [7, 11) is 4.23. The lowest BCUT2D eigenvalue weighted by atomic mass is 9.91. The van der Waals surface area contributed by atoms with Gasteiger partial charge in [0.05, 0.1) is 5.69 Å². The van der Waals surface area contributed by atoms with Gasteiger partial charge in [-0.25, -0.2) is 4.98 Å². The van der Waals surface area contributed by atoms with Crippen molar-refractivity contribution in [1.82, 2.24) is 9.88 Å². The highest BCUT2D eigenvalue weighted by Crippen LogP contribution is 2.33. The number of rotatable bonds is 7. The molecule has 0 atom stereocenters. The maximum Gasteiger partial charge on any atom is 0.185 e. The predicted molar refractivity (Wildman–Crippen MR) is 89.8 cm³/mol. The van der Waals surface area contributed by atoms with Crippen molar-refractivity contribution in [3.8, 4) is 0 Å². The lowest BCUT2D eigenvalue weighted by Gasteiger charge is -2.21. The van der Waals surface area contributed by atoms with Crippen LogP contribution in [0.1, 0.15) is 44.7 Å². The second-order valence-electron chi connectivity index (χ2n) is 6.46. The molecule has 5 heteroatoms. The van der Waals surface area contributed by atoms with Gasteiger partial charge in [0.25, 0.3) is 0 Å². The summed E-state index contributed by atoms with van der Waals surface area (Å²) in [6, 6.07) is 0. The van der Waals surface area contributed by atoms with Crippen LogP contribution in [0.25, 0.3) is 0 Å². The van der Waals surface area contributed by atoms with E-state index >= 15 is 0 Å². The van der Waals surface area contributed by atoms with Gasteiger partial charge in [0.2, 0.25) is 0 Å². The Labute approximate surface area is 128 Å². The third-order valence-corrected chi connectivity index (χ3v) is 4.41. The van der Waals surface area contributed by atoms with Crippen molar-refractivity contribution >= 4 is 16.5 Å². The molecule has 0 fully saturated rings. The van der Waals surface area contributed by atoms with Gasteiger partial charge in [0, 0.05) is 29.9 Å². The van der Waals surface area contributed by atoms with E-state index in [1.165, 1.54) is 4.88 Å². The average molecular weight is 298 g/mol. The molecule has 0 saturated heterocycles. The first-order valence-corrected chi connectivity index (χ1v) is 8.21. The fourth-order valence-electron chi connectivity index (χ4n) is 2.17. The molecule has 0 saturated carbocycles. The second-order valence-corrected chi connectivity index (χ2v) is 7.52. The van der Waals surface area contributed by atoms with E-state index in [1.54, 1.807) is 11.3 Å². The van der Waals surface area contributed by atoms with Crippen molar-refractivity contribution in [3.63, 3.8) is 0 Å². The molecule has 1 aromatic heterocycles. The first-order chi connectivity index (χ1) is 9.29. The van der Waals surface area contributed by atoms with E-state index < -0.39 is 0 Å². The molecule has 0 unspecified atom stereocenters. The molecular formula is C15H30N4S. The van der Waals surface area contributed by atoms with E-state index in [4.69, 9.17) is 10.7 Å². The predicted octanol–water partition coefficient (Wildman–Crippen LogP) is 2.68. The van der Waals surface area contributed by atoms with Crippen molar-refractivity contribution in [2.75, 3.05) is 38.6 Å². The molecule has 1 heterocycles. The quantitative estimate of drug-likeness (QED) is 0.840. The van der Waals surface area contributed by atoms with Gasteiger partial charge >= 0.3 is 0 Å². The standard InChI is InChI=1S/C15H30N4S/c1-7-19(10-8-9-18(5)6)14-17-13(15(2,3)4)12(11-16)20-14/h7-11,16H2,1-6H3. The van der Waals surface area contributed by atoms with Gasteiger partial charge < -0.3 is 15.5 Å². The van der Waals surface area contributed by atoms with Crippen LogP contribution in [0.5, 0.6) is 0 Å². The van der Waals surface area contributed by atoms with Crippen LogP contribution in [-0.2, 0) is 12.0 Å². The Bertz CT molecular complexity index is 406. The molecule has 116 valence electrons. The number of nitrogens with zero attached hydrogens (tertiary/aromatic N) is 3. The Kier molecular flexibility index (Phi) is 6.43. The van der Waals surface area contributed by atoms with E-state index in [-0.39, 0.29) is 5.41 Å². The fraction of sp³-hybridized carbons (Fsp3) is 0.800. The van der Waals surface area contributed by atoms with Crippen LogP contribution in [-0.4, -0.2) is 43.6 Å². The summed E-state index contributed by atoms with van der Waals surface area (Å²) in [5.74, 6) is 0. The minimum absolute atomic E-state index is 0.0620. The zero-order valence-electron chi connectivity index (χ0n) is 13.9. The van der Waals surface area contributed by atoms with E-state index in [0.29, 0.717) is 6.54 Å². The van der Waals surface area contributed by atoms with Gasteiger partial charge in [-0.05, 0) is 34.0 Å². The van der Waals surface area contributed by atoms with Crippen molar-refractivity contribution < 1.29 is 0 Å². The van der Waals surface area contributed by atoms with Crippen LogP contribution in [0.3, 0.4) is 0 Å². The average Bonchev–Trinajstić information content (AvgIpc) is 2.78. The molecule has 0 aliphatic carbocycles. The van der Waals surface area contributed by atoms with Gasteiger partial charge in [-0.1, -0.05) is 20.8 Å². The summed E-state index contributed by atoms with van der Waals surface area (Å²) in [5, 5.41) is 1.12. The zero-order valence-corrected chi connectivity index (χ0v) is 14.7. The summed E-state index contributed by atoms with van der Waals surface area (Å²) in [6.07, 6.45) is 1.16. The fourth-order valence-corrected chi connectivity index (χ4v) is 3.40. The van der Waals surface area contributed by atoms with Crippen molar-refractivity contribution in [3.05, 3.63) is 10.6 Å². The minimum Gasteiger partial charge on any atom is -0.348 e. The molecule has 0 aliphatic rings. The van der Waals surface area contributed by atoms with Crippen LogP contribution >= 0.6 is 11.3 Å². The summed E-state index contributed by atoms with van der Waals surface area (Å²) in [6.45, 7) is 12.5. The monoisotopic (exact) mass is 298 g/mol. The molecule has 0 radical (unpaired) electrons. The van der Waals surface area contributed by atoms with E-state index in [1.807, 2.05) is 0 Å². The lowest BCUT2D eigenvalue weighted by Crippen LogP contribution is -2.27. The normalized spacial score (nSPS) is 12.2. The Hall–Kier alpha value is -0.650. The minimum atomic E-state index is 0.0620. The molecule has 1 rings (SSSR count). The maximum atomic E-state index is 5.89. The van der Waals surface area contributed by atoms with Crippen LogP contribution in [0.15, 0.2) is 0 Å². The van der Waals surface area contributed by atoms with Crippen molar-refractivity contribution in [1.29, 1.82) is 0 Å². The van der Waals surface area contributed by atoms with Crippen LogP contribution in [0, 0.1) is 0 Å². The molecule has 0 aliphatic heterocycles. The zero-order chi connectivity index (χ0) is 15.3. The highest BCUT2D eigenvalue weighted by atomic mass is 32.1.